The molecule has 6 aromatic rings. The van der Waals surface area contributed by atoms with Crippen LogP contribution in [-0.2, 0) is 23.8 Å². The van der Waals surface area contributed by atoms with Crippen molar-refractivity contribution in [3.05, 3.63) is 108 Å². The zero-order valence-electron chi connectivity index (χ0n) is 30.0. The first kappa shape index (κ1) is 39.0. The van der Waals surface area contributed by atoms with Crippen molar-refractivity contribution in [1.29, 1.82) is 0 Å². The normalized spacial score (nSPS) is 16.3. The molecule has 2 aromatic heterocycles. The highest BCUT2D eigenvalue weighted by molar-refractivity contribution is 5.80. The van der Waals surface area contributed by atoms with Crippen molar-refractivity contribution in [2.45, 2.75) is 37.8 Å². The van der Waals surface area contributed by atoms with Crippen LogP contribution < -0.4 is 18.9 Å². The molecule has 0 unspecified atom stereocenters. The first-order valence-corrected chi connectivity index (χ1v) is 16.9. The molecule has 2 aliphatic heterocycles. The van der Waals surface area contributed by atoms with Gasteiger partial charge in [-0.25, -0.2) is 0 Å². The van der Waals surface area contributed by atoms with E-state index in [4.69, 9.17) is 19.1 Å². The van der Waals surface area contributed by atoms with Gasteiger partial charge in [-0.3, -0.25) is 0 Å². The lowest BCUT2D eigenvalue weighted by Crippen LogP contribution is -2.17. The van der Waals surface area contributed by atoms with Crippen LogP contribution in [-0.4, -0.2) is 64.9 Å². The average molecular weight is 811 g/mol. The fourth-order valence-corrected chi connectivity index (χ4v) is 5.37. The van der Waals surface area contributed by atoms with Gasteiger partial charge in [0.1, 0.15) is 23.0 Å². The Hall–Kier alpha value is -7.26. The third-order valence-corrected chi connectivity index (χ3v) is 7.97. The maximum atomic E-state index is 12.2. The van der Waals surface area contributed by atoms with Crippen molar-refractivity contribution < 1.29 is 55.0 Å². The van der Waals surface area contributed by atoms with Crippen LogP contribution in [0, 0.1) is 0 Å². The van der Waals surface area contributed by atoms with Crippen LogP contribution in [0.2, 0.25) is 0 Å². The molecule has 0 amide bonds. The molecule has 0 bridgehead atoms. The van der Waals surface area contributed by atoms with Crippen molar-refractivity contribution in [1.82, 2.24) is 40.4 Å². The number of benzene rings is 4. The zero-order valence-corrected chi connectivity index (χ0v) is 30.0. The second kappa shape index (κ2) is 16.5. The SMILES string of the molecule is Cn1nnc(-c2ccc(OC3=NO[C@@H](c4ccc(OC(F)(F)F)cc4)C3)cc2)n1.Cn1nnc(-c2ccc(OC3=NO[C@H](c4ccc(OC(F)(F)F)cc4)C3)cc2)n1. The van der Waals surface area contributed by atoms with E-state index in [2.05, 4.69) is 50.6 Å². The highest BCUT2D eigenvalue weighted by Crippen LogP contribution is 2.33. The summed E-state index contributed by atoms with van der Waals surface area (Å²) in [6.45, 7) is 0. The molecule has 16 nitrogen and oxygen atoms in total. The minimum absolute atomic E-state index is 0.297. The number of aryl methyl sites for hydroxylation is 2. The molecule has 0 aliphatic carbocycles. The van der Waals surface area contributed by atoms with Crippen LogP contribution >= 0.6 is 0 Å². The third-order valence-electron chi connectivity index (χ3n) is 7.97. The van der Waals surface area contributed by atoms with Crippen LogP contribution in [0.25, 0.3) is 22.8 Å². The zero-order chi connectivity index (χ0) is 40.9. The monoisotopic (exact) mass is 810 g/mol. The molecule has 22 heteroatoms. The lowest BCUT2D eigenvalue weighted by Gasteiger charge is -2.11. The van der Waals surface area contributed by atoms with Crippen molar-refractivity contribution in [2.75, 3.05) is 0 Å². The van der Waals surface area contributed by atoms with E-state index in [-0.39, 0.29) is 11.5 Å². The van der Waals surface area contributed by atoms with E-state index in [1.807, 2.05) is 0 Å². The molecule has 0 radical (unpaired) electrons. The summed E-state index contributed by atoms with van der Waals surface area (Å²) >= 11 is 0. The predicted molar refractivity (Wildman–Crippen MR) is 188 cm³/mol. The number of ether oxygens (including phenoxy) is 4. The number of aromatic nitrogens is 8. The van der Waals surface area contributed by atoms with Gasteiger partial charge in [0.15, 0.2) is 12.2 Å². The maximum absolute atomic E-state index is 12.2. The van der Waals surface area contributed by atoms with Crippen LogP contribution in [0.1, 0.15) is 36.2 Å². The van der Waals surface area contributed by atoms with E-state index < -0.39 is 24.9 Å². The molecule has 0 N–H and O–H groups in total. The number of alkyl halides is 6. The molecule has 58 heavy (non-hydrogen) atoms. The Morgan fingerprint density at radius 3 is 1.17 bits per heavy atom. The van der Waals surface area contributed by atoms with Gasteiger partial charge in [-0.15, -0.1) is 46.7 Å². The molecule has 0 saturated heterocycles. The van der Waals surface area contributed by atoms with Gasteiger partial charge in [0.05, 0.1) is 26.9 Å². The first-order chi connectivity index (χ1) is 27.7. The fraction of sp³-hybridized carbons (Fsp3) is 0.222. The van der Waals surface area contributed by atoms with Crippen molar-refractivity contribution in [2.24, 2.45) is 24.4 Å². The maximum Gasteiger partial charge on any atom is 0.573 e. The molecule has 0 saturated carbocycles. The van der Waals surface area contributed by atoms with E-state index in [9.17, 15) is 26.3 Å². The van der Waals surface area contributed by atoms with Gasteiger partial charge in [0, 0.05) is 11.1 Å². The lowest BCUT2D eigenvalue weighted by molar-refractivity contribution is -0.275. The smallest absolute Gasteiger partial charge is 0.440 e. The molecular formula is C36H28F6N10O6. The number of rotatable bonds is 8. The van der Waals surface area contributed by atoms with Crippen LogP contribution in [0.3, 0.4) is 0 Å². The van der Waals surface area contributed by atoms with Crippen molar-refractivity contribution in [3.8, 4) is 45.8 Å². The fourth-order valence-electron chi connectivity index (χ4n) is 5.37. The van der Waals surface area contributed by atoms with Gasteiger partial charge in [-0.1, -0.05) is 34.6 Å². The minimum Gasteiger partial charge on any atom is -0.440 e. The summed E-state index contributed by atoms with van der Waals surface area (Å²) in [7, 11) is 3.36. The van der Waals surface area contributed by atoms with E-state index in [1.54, 1.807) is 62.6 Å². The number of tetrazole rings is 2. The molecular weight excluding hydrogens is 782 g/mol. The molecule has 300 valence electrons. The highest BCUT2D eigenvalue weighted by Gasteiger charge is 2.33. The van der Waals surface area contributed by atoms with Crippen LogP contribution in [0.5, 0.6) is 23.0 Å². The summed E-state index contributed by atoms with van der Waals surface area (Å²) in [5, 5.41) is 31.5. The average Bonchev–Trinajstić information content (AvgIpc) is 4.02. The summed E-state index contributed by atoms with van der Waals surface area (Å²) in [5.41, 5.74) is 2.89. The molecule has 4 heterocycles. The molecule has 4 aromatic carbocycles. The van der Waals surface area contributed by atoms with E-state index in [0.29, 0.717) is 58.9 Å². The Labute approximate surface area is 323 Å². The van der Waals surface area contributed by atoms with Gasteiger partial charge < -0.3 is 28.6 Å². The van der Waals surface area contributed by atoms with E-state index in [0.717, 1.165) is 11.1 Å². The summed E-state index contributed by atoms with van der Waals surface area (Å²) in [6.07, 6.45) is -9.68. The van der Waals surface area contributed by atoms with Gasteiger partial charge in [0.2, 0.25) is 23.4 Å². The quantitative estimate of drug-likeness (QED) is 0.141. The Kier molecular flexibility index (Phi) is 11.1. The van der Waals surface area contributed by atoms with E-state index >= 15 is 0 Å². The number of hydrogen-bond acceptors (Lipinski definition) is 14. The minimum atomic E-state index is -4.73. The van der Waals surface area contributed by atoms with Gasteiger partial charge >= 0.3 is 12.7 Å². The number of halogens is 6. The van der Waals surface area contributed by atoms with Crippen LogP contribution in [0.4, 0.5) is 26.3 Å². The summed E-state index contributed by atoms with van der Waals surface area (Å²) in [4.78, 5) is 13.4. The summed E-state index contributed by atoms with van der Waals surface area (Å²) in [6, 6.07) is 25.0. The predicted octanol–water partition coefficient (Wildman–Crippen LogP) is 7.26. The summed E-state index contributed by atoms with van der Waals surface area (Å²) < 4.78 is 92.5. The summed E-state index contributed by atoms with van der Waals surface area (Å²) in [5.74, 6) is 2.22. The lowest BCUT2D eigenvalue weighted by atomic mass is 10.1. The Balaban J connectivity index is 0.000000177. The third kappa shape index (κ3) is 10.5. The number of hydrogen-bond donors (Lipinski definition) is 0. The second-order valence-corrected chi connectivity index (χ2v) is 12.3. The van der Waals surface area contributed by atoms with Gasteiger partial charge in [0.25, 0.3) is 0 Å². The Bertz CT molecular complexity index is 2200. The molecule has 2 aliphatic rings. The van der Waals surface area contributed by atoms with E-state index in [1.165, 1.54) is 58.1 Å². The number of nitrogens with zero attached hydrogens (tertiary/aromatic N) is 10. The number of oxime groups is 2. The van der Waals surface area contributed by atoms with Crippen molar-refractivity contribution >= 4 is 11.8 Å². The molecule has 8 rings (SSSR count). The van der Waals surface area contributed by atoms with Gasteiger partial charge in [-0.2, -0.15) is 9.59 Å². The Morgan fingerprint density at radius 1 is 0.517 bits per heavy atom. The van der Waals surface area contributed by atoms with Gasteiger partial charge in [-0.05, 0) is 94.4 Å². The van der Waals surface area contributed by atoms with Crippen LogP contribution in [0.15, 0.2) is 107 Å². The molecule has 0 fully saturated rings. The second-order valence-electron chi connectivity index (χ2n) is 12.3. The molecule has 2 atom stereocenters. The highest BCUT2D eigenvalue weighted by atomic mass is 19.4. The largest absolute Gasteiger partial charge is 0.573 e. The topological polar surface area (TPSA) is 167 Å². The van der Waals surface area contributed by atoms with Crippen molar-refractivity contribution in [3.63, 3.8) is 0 Å². The Morgan fingerprint density at radius 2 is 0.862 bits per heavy atom. The molecule has 0 spiro atoms. The first-order valence-electron chi connectivity index (χ1n) is 16.9. The standard InChI is InChI=1S/2C18H14F3N5O3/c2*1-26-23-17(22-25-26)12-4-6-13(7-5-12)27-16-10-15(29-24-16)11-2-8-14(9-3-11)28-18(19,20)21/h2*2-9,15H,10H2,1H3/t2*15-/m10/s1.